The predicted octanol–water partition coefficient (Wildman–Crippen LogP) is 3.57. The van der Waals surface area contributed by atoms with Crippen LogP contribution in [0, 0.1) is 0 Å². The van der Waals surface area contributed by atoms with Crippen LogP contribution in [0.1, 0.15) is 5.56 Å². The van der Waals surface area contributed by atoms with Gasteiger partial charge in [-0.25, -0.2) is 0 Å². The number of anilines is 1. The fraction of sp³-hybridized carbons (Fsp3) is 0.111. The lowest BCUT2D eigenvalue weighted by Crippen LogP contribution is -2.36. The molecular weight excluding hydrogens is 372 g/mol. The Morgan fingerprint density at radius 1 is 1.25 bits per heavy atom. The van der Waals surface area contributed by atoms with Crippen molar-refractivity contribution in [2.24, 2.45) is 0 Å². The number of hydrogen-bond acceptors (Lipinski definition) is 2. The molecule has 6 heteroatoms. The topological polar surface area (TPSA) is 73.4 Å². The summed E-state index contributed by atoms with van der Waals surface area (Å²) in [6.07, 6.45) is 0.160. The Bertz CT molecular complexity index is 993. The lowest BCUT2D eigenvalue weighted by Gasteiger charge is -2.20. The Morgan fingerprint density at radius 3 is 2.83 bits per heavy atom. The largest absolute Gasteiger partial charge is 0.480 e. The molecule has 0 saturated carbocycles. The van der Waals surface area contributed by atoms with Gasteiger partial charge in [-0.2, -0.15) is 0 Å². The molecule has 0 bridgehead atoms. The maximum atomic E-state index is 12.7. The Balaban J connectivity index is 2.00. The summed E-state index contributed by atoms with van der Waals surface area (Å²) in [4.78, 5) is 28.7. The number of nitrogens with one attached hydrogen (secondary N) is 1. The number of amides is 1. The van der Waals surface area contributed by atoms with Crippen LogP contribution in [0.5, 0.6) is 0 Å². The molecule has 1 amide bonds. The van der Waals surface area contributed by atoms with E-state index in [2.05, 4.69) is 20.9 Å². The highest BCUT2D eigenvalue weighted by Gasteiger charge is 2.29. The minimum atomic E-state index is -1.03. The summed E-state index contributed by atoms with van der Waals surface area (Å²) in [6.45, 7) is -0.345. The van der Waals surface area contributed by atoms with Crippen molar-refractivity contribution >= 4 is 44.4 Å². The zero-order chi connectivity index (χ0) is 16.8. The van der Waals surface area contributed by atoms with Crippen LogP contribution < -0.4 is 4.90 Å². The number of nitrogens with zero attached hydrogens (tertiary/aromatic N) is 1. The van der Waals surface area contributed by atoms with Gasteiger partial charge in [0, 0.05) is 20.9 Å². The Morgan fingerprint density at radius 2 is 2.04 bits per heavy atom. The summed E-state index contributed by atoms with van der Waals surface area (Å²) in [7, 11) is 0. The lowest BCUT2D eigenvalue weighted by molar-refractivity contribution is -0.136. The van der Waals surface area contributed by atoms with Crippen LogP contribution in [-0.2, 0) is 16.0 Å². The van der Waals surface area contributed by atoms with E-state index in [0.29, 0.717) is 5.69 Å². The van der Waals surface area contributed by atoms with E-state index in [1.807, 2.05) is 36.4 Å². The molecule has 1 aliphatic heterocycles. The summed E-state index contributed by atoms with van der Waals surface area (Å²) in [5, 5.41) is 10.1. The number of aliphatic carboxylic acids is 1. The molecule has 5 nitrogen and oxygen atoms in total. The second-order valence-electron chi connectivity index (χ2n) is 5.74. The van der Waals surface area contributed by atoms with Crippen LogP contribution in [0.15, 0.2) is 46.9 Å². The van der Waals surface area contributed by atoms with E-state index in [-0.39, 0.29) is 18.9 Å². The fourth-order valence-corrected chi connectivity index (χ4v) is 3.60. The first-order valence-electron chi connectivity index (χ1n) is 7.46. The molecule has 0 spiro atoms. The third-order valence-corrected chi connectivity index (χ3v) is 4.75. The summed E-state index contributed by atoms with van der Waals surface area (Å²) in [6, 6.07) is 13.3. The molecule has 120 valence electrons. The van der Waals surface area contributed by atoms with Gasteiger partial charge in [-0.3, -0.25) is 9.59 Å². The quantitative estimate of drug-likeness (QED) is 0.709. The van der Waals surface area contributed by atoms with Gasteiger partial charge < -0.3 is 15.0 Å². The van der Waals surface area contributed by atoms with Gasteiger partial charge in [0.15, 0.2) is 0 Å². The first kappa shape index (κ1) is 15.0. The smallest absolute Gasteiger partial charge is 0.323 e. The summed E-state index contributed by atoms with van der Waals surface area (Å²) < 4.78 is 0.934. The standard InChI is InChI=1S/C18H13BrN2O3/c19-10-5-6-14-12(7-10)13-8-16(22)21(9-17(23)24)15-4-2-1-3-11(15)18(13)20-14/h1-7,20H,8-9H2,(H,23,24). The molecule has 0 fully saturated rings. The number of H-pyrrole nitrogens is 1. The minimum absolute atomic E-state index is 0.160. The van der Waals surface area contributed by atoms with Crippen molar-refractivity contribution < 1.29 is 14.7 Å². The number of rotatable bonds is 2. The number of carbonyl (C=O) groups is 2. The van der Waals surface area contributed by atoms with E-state index in [9.17, 15) is 9.59 Å². The van der Waals surface area contributed by atoms with Gasteiger partial charge >= 0.3 is 5.97 Å². The van der Waals surface area contributed by atoms with Crippen molar-refractivity contribution in [1.82, 2.24) is 4.98 Å². The zero-order valence-corrected chi connectivity index (χ0v) is 14.1. The van der Waals surface area contributed by atoms with E-state index in [1.54, 1.807) is 6.07 Å². The molecule has 3 aromatic rings. The van der Waals surface area contributed by atoms with Crippen LogP contribution in [0.2, 0.25) is 0 Å². The maximum absolute atomic E-state index is 12.7. The monoisotopic (exact) mass is 384 g/mol. The van der Waals surface area contributed by atoms with Gasteiger partial charge in [-0.05, 0) is 29.8 Å². The van der Waals surface area contributed by atoms with Gasteiger partial charge in [0.1, 0.15) is 6.54 Å². The normalized spacial score (nSPS) is 13.5. The van der Waals surface area contributed by atoms with Crippen molar-refractivity contribution in [2.75, 3.05) is 11.4 Å². The Labute approximate surface area is 146 Å². The molecule has 0 unspecified atom stereocenters. The van der Waals surface area contributed by atoms with Crippen LogP contribution >= 0.6 is 15.9 Å². The van der Waals surface area contributed by atoms with Gasteiger partial charge in [-0.1, -0.05) is 34.1 Å². The average molecular weight is 385 g/mol. The maximum Gasteiger partial charge on any atom is 0.323 e. The minimum Gasteiger partial charge on any atom is -0.480 e. The molecule has 1 aliphatic rings. The van der Waals surface area contributed by atoms with Gasteiger partial charge in [0.05, 0.1) is 17.8 Å². The summed E-state index contributed by atoms with van der Waals surface area (Å²) >= 11 is 3.47. The lowest BCUT2D eigenvalue weighted by atomic mass is 10.0. The first-order chi connectivity index (χ1) is 11.5. The molecule has 0 atom stereocenters. The number of halogens is 1. The molecule has 0 saturated heterocycles. The van der Waals surface area contributed by atoms with Gasteiger partial charge in [0.2, 0.25) is 5.91 Å². The van der Waals surface area contributed by atoms with Gasteiger partial charge in [-0.15, -0.1) is 0 Å². The molecule has 2 aromatic carbocycles. The predicted molar refractivity (Wildman–Crippen MR) is 95.1 cm³/mol. The molecule has 2 heterocycles. The van der Waals surface area contributed by atoms with E-state index < -0.39 is 5.97 Å². The van der Waals surface area contributed by atoms with E-state index >= 15 is 0 Å². The molecule has 4 rings (SSSR count). The first-order valence-corrected chi connectivity index (χ1v) is 8.25. The molecule has 1 aromatic heterocycles. The average Bonchev–Trinajstić information content (AvgIpc) is 2.85. The number of aromatic nitrogens is 1. The molecule has 2 N–H and O–H groups in total. The highest BCUT2D eigenvalue weighted by molar-refractivity contribution is 9.10. The fourth-order valence-electron chi connectivity index (χ4n) is 3.24. The highest BCUT2D eigenvalue weighted by Crippen LogP contribution is 2.40. The SMILES string of the molecule is O=C(O)CN1C(=O)Cc2c([nH]c3ccc(Br)cc23)-c2ccccc21. The van der Waals surface area contributed by atoms with Gasteiger partial charge in [0.25, 0.3) is 0 Å². The number of carbonyl (C=O) groups excluding carboxylic acids is 1. The molecule has 0 radical (unpaired) electrons. The summed E-state index contributed by atoms with van der Waals surface area (Å²) in [5.74, 6) is -1.25. The molecule has 24 heavy (non-hydrogen) atoms. The number of benzene rings is 2. The van der Waals surface area contributed by atoms with E-state index in [0.717, 1.165) is 32.2 Å². The van der Waals surface area contributed by atoms with Crippen molar-refractivity contribution in [3.63, 3.8) is 0 Å². The van der Waals surface area contributed by atoms with E-state index in [1.165, 1.54) is 4.90 Å². The molecular formula is C18H13BrN2O3. The van der Waals surface area contributed by atoms with Crippen LogP contribution in [0.3, 0.4) is 0 Å². The van der Waals surface area contributed by atoms with Crippen LogP contribution in [-0.4, -0.2) is 28.5 Å². The number of aromatic amines is 1. The second-order valence-corrected chi connectivity index (χ2v) is 6.65. The van der Waals surface area contributed by atoms with Crippen molar-refractivity contribution in [2.45, 2.75) is 6.42 Å². The number of fused-ring (bicyclic) bond motifs is 5. The van der Waals surface area contributed by atoms with Crippen molar-refractivity contribution in [3.8, 4) is 11.3 Å². The van der Waals surface area contributed by atoms with Crippen LogP contribution in [0.4, 0.5) is 5.69 Å². The third kappa shape index (κ3) is 2.30. The number of hydrogen-bond donors (Lipinski definition) is 2. The second kappa shape index (κ2) is 5.49. The van der Waals surface area contributed by atoms with Crippen molar-refractivity contribution in [1.29, 1.82) is 0 Å². The van der Waals surface area contributed by atoms with E-state index in [4.69, 9.17) is 5.11 Å². The Kier molecular flexibility index (Phi) is 3.42. The number of carboxylic acids is 1. The van der Waals surface area contributed by atoms with Crippen molar-refractivity contribution in [3.05, 3.63) is 52.5 Å². The summed E-state index contributed by atoms with van der Waals surface area (Å²) in [5.41, 5.74) is 4.19. The zero-order valence-electron chi connectivity index (χ0n) is 12.5. The molecule has 0 aliphatic carbocycles. The third-order valence-electron chi connectivity index (χ3n) is 4.25. The highest BCUT2D eigenvalue weighted by atomic mass is 79.9. The van der Waals surface area contributed by atoms with Crippen LogP contribution in [0.25, 0.3) is 22.2 Å². The number of para-hydroxylation sites is 1. The Hall–Kier alpha value is -2.60. The number of carboxylic acid groups (broad SMARTS) is 1.